The molecule has 111 heavy (non-hydrogen) atoms. The van der Waals surface area contributed by atoms with Crippen molar-refractivity contribution in [3.63, 3.8) is 0 Å². The van der Waals surface area contributed by atoms with Gasteiger partial charge in [-0.05, 0) is 199 Å². The molecule has 9 aromatic carbocycles. The van der Waals surface area contributed by atoms with Crippen LogP contribution in [0.3, 0.4) is 0 Å². The number of unbranched alkanes of at least 4 members (excludes halogenated alkanes) is 4. The summed E-state index contributed by atoms with van der Waals surface area (Å²) in [5.41, 5.74) is 10.5. The Morgan fingerprint density at radius 1 is 0.405 bits per heavy atom. The number of nitrogens with one attached hydrogen (secondary N) is 4. The van der Waals surface area contributed by atoms with Gasteiger partial charge in [-0.3, -0.25) is 26.2 Å². The van der Waals surface area contributed by atoms with Gasteiger partial charge in [0.05, 0.1) is 46.1 Å². The van der Waals surface area contributed by atoms with E-state index in [0.717, 1.165) is 83.4 Å². The molecule has 0 saturated carbocycles. The minimum absolute atomic E-state index is 0.207. The highest BCUT2D eigenvalue weighted by Crippen LogP contribution is 2.26. The van der Waals surface area contributed by atoms with Crippen LogP contribution in [0, 0.1) is 53.9 Å². The zero-order valence-corrected chi connectivity index (χ0v) is 63.5. The highest BCUT2D eigenvalue weighted by Gasteiger charge is 2.20. The standard InChI is InChI=1S/C25H33FN2O4.C24H21FN2O2.C21H23FN2O2.C19H21FN2O2/c1-3-5-7-17-31-24(29)27-22-13-15-23(16-14-22)28(25(30)32-18-8-6-4-2)19-20-9-11-21(26)12-10-20;1-2-16-27(17-19-8-10-21(25)11-9-19)23-14-12-22(13-15-23)26-24(28)29-18-20-6-4-3-5-7-20;1-4-13-24(14-17-5-7-18(22)8-6-17)20-11-9-19(10-12-20)23-21(25)26-15-16(2)3;1-3-13-22(14-15-5-7-16(20)8-6-15)18-11-9-17(10-12-18)21-19(23)24-4-2/h9-16H,3-8,17-19H2,1-2H3,(H,27,29);1,3-15H,16-18H2,(H,26,28);1,5-12,16H,13-15H2,2-3H3,(H,23,25);3,5-12H,1,4,13-14H2,2H3,(H,21,23). The summed E-state index contributed by atoms with van der Waals surface area (Å²) in [5.74, 6) is 4.44. The molecule has 0 aromatic heterocycles. The number of anilines is 8. The van der Waals surface area contributed by atoms with E-state index in [1.807, 2.05) is 109 Å². The maximum absolute atomic E-state index is 13.3. The molecule has 0 fully saturated rings. The van der Waals surface area contributed by atoms with Gasteiger partial charge in [0.15, 0.2) is 0 Å². The number of terminal acetylenes is 2. The number of carbonyl (C=O) groups is 5. The quantitative estimate of drug-likeness (QED) is 0.00999. The summed E-state index contributed by atoms with van der Waals surface area (Å²) in [6, 6.07) is 63.5. The van der Waals surface area contributed by atoms with E-state index in [2.05, 4.69) is 58.4 Å². The van der Waals surface area contributed by atoms with Crippen LogP contribution in [0.5, 0.6) is 0 Å². The van der Waals surface area contributed by atoms with Gasteiger partial charge in [0, 0.05) is 71.7 Å². The molecule has 582 valence electrons. The van der Waals surface area contributed by atoms with Crippen LogP contribution in [0.4, 0.5) is 87.0 Å². The van der Waals surface area contributed by atoms with Gasteiger partial charge in [0.1, 0.15) is 29.9 Å². The fraction of sp³-hybridized carbons (Fsp3) is 0.270. The van der Waals surface area contributed by atoms with Crippen LogP contribution < -0.4 is 40.9 Å². The Balaban J connectivity index is 0.000000232. The third kappa shape index (κ3) is 34.0. The van der Waals surface area contributed by atoms with Gasteiger partial charge < -0.3 is 38.4 Å². The number of nitrogens with zero attached hydrogens (tertiary/aromatic N) is 4. The van der Waals surface area contributed by atoms with Gasteiger partial charge in [0.2, 0.25) is 0 Å². The van der Waals surface area contributed by atoms with E-state index in [1.165, 1.54) is 53.4 Å². The van der Waals surface area contributed by atoms with Gasteiger partial charge in [-0.25, -0.2) is 41.5 Å². The van der Waals surface area contributed by atoms with E-state index in [4.69, 9.17) is 36.5 Å². The van der Waals surface area contributed by atoms with Crippen LogP contribution in [-0.2, 0) is 56.5 Å². The van der Waals surface area contributed by atoms with Crippen LogP contribution in [0.25, 0.3) is 0 Å². The van der Waals surface area contributed by atoms with Gasteiger partial charge in [0.25, 0.3) is 0 Å². The lowest BCUT2D eigenvalue weighted by Crippen LogP contribution is -2.31. The molecular formula is C89H98F4N8O10. The van der Waals surface area contributed by atoms with Crippen molar-refractivity contribution >= 4 is 76.0 Å². The molecular weight excluding hydrogens is 1420 g/mol. The predicted octanol–water partition coefficient (Wildman–Crippen LogP) is 21.4. The molecule has 0 radical (unpaired) electrons. The van der Waals surface area contributed by atoms with Gasteiger partial charge in [-0.2, -0.15) is 0 Å². The third-order valence-corrected chi connectivity index (χ3v) is 16.1. The molecule has 0 atom stereocenters. The first-order valence-electron chi connectivity index (χ1n) is 36.6. The number of hydrogen-bond acceptors (Lipinski definition) is 13. The maximum atomic E-state index is 13.3. The highest BCUT2D eigenvalue weighted by molar-refractivity contribution is 5.90. The fourth-order valence-corrected chi connectivity index (χ4v) is 10.4. The Morgan fingerprint density at radius 2 is 0.748 bits per heavy atom. The Kier molecular flexibility index (Phi) is 38.7. The Hall–Kier alpha value is -12.7. The summed E-state index contributed by atoms with van der Waals surface area (Å²) < 4.78 is 78.2. The Morgan fingerprint density at radius 3 is 1.12 bits per heavy atom. The third-order valence-electron chi connectivity index (χ3n) is 16.1. The van der Waals surface area contributed by atoms with Crippen molar-refractivity contribution in [3.05, 3.63) is 288 Å². The summed E-state index contributed by atoms with van der Waals surface area (Å²) in [6.07, 6.45) is 16.1. The normalized spacial score (nSPS) is 10.2. The number of halogens is 4. The smallest absolute Gasteiger partial charge is 0.414 e. The van der Waals surface area contributed by atoms with E-state index in [1.54, 1.807) is 104 Å². The number of ether oxygens (including phenoxy) is 5. The van der Waals surface area contributed by atoms with Crippen LogP contribution in [0.2, 0.25) is 0 Å². The zero-order valence-electron chi connectivity index (χ0n) is 63.5. The lowest BCUT2D eigenvalue weighted by Gasteiger charge is -2.24. The largest absolute Gasteiger partial charge is 0.450 e. The molecule has 0 spiro atoms. The maximum Gasteiger partial charge on any atom is 0.414 e. The molecule has 9 rings (SSSR count). The first-order chi connectivity index (χ1) is 53.8. The molecule has 0 bridgehead atoms. The molecule has 5 amide bonds. The average molecular weight is 1520 g/mol. The van der Waals surface area contributed by atoms with E-state index >= 15 is 0 Å². The van der Waals surface area contributed by atoms with Crippen molar-refractivity contribution < 1.29 is 65.2 Å². The average Bonchev–Trinajstić information content (AvgIpc) is 0.837. The SMILES string of the molecule is C#CCN(Cc1ccc(F)cc1)c1ccc(NC(=O)OCC(C)C)cc1.C#CCN(Cc1ccc(F)cc1)c1ccc(NC(=O)OCc2ccccc2)cc1.C=CCN(Cc1ccc(F)cc1)c1ccc(NC(=O)OCC)cc1.CCCCCOC(=O)Nc1ccc(N(Cc2ccc(F)cc2)C(=O)OCCCCC)cc1. The number of amides is 5. The number of rotatable bonds is 33. The number of benzene rings is 9. The second-order valence-corrected chi connectivity index (χ2v) is 25.5. The summed E-state index contributed by atoms with van der Waals surface area (Å²) in [6.45, 7) is 18.8. The number of carbonyl (C=O) groups excluding carboxylic acids is 5. The molecule has 18 nitrogen and oxygen atoms in total. The topological polar surface area (TPSA) is 193 Å². The molecule has 0 aliphatic rings. The van der Waals surface area contributed by atoms with Gasteiger partial charge in [-0.15, -0.1) is 19.4 Å². The van der Waals surface area contributed by atoms with Crippen molar-refractivity contribution in [1.82, 2.24) is 0 Å². The highest BCUT2D eigenvalue weighted by atomic mass is 19.1. The van der Waals surface area contributed by atoms with Crippen LogP contribution in [0.15, 0.2) is 237 Å². The van der Waals surface area contributed by atoms with E-state index in [9.17, 15) is 41.5 Å². The summed E-state index contributed by atoms with van der Waals surface area (Å²) in [4.78, 5) is 67.3. The van der Waals surface area contributed by atoms with E-state index in [0.29, 0.717) is 94.1 Å². The molecule has 0 aliphatic heterocycles. The second kappa shape index (κ2) is 49.3. The van der Waals surface area contributed by atoms with Crippen molar-refractivity contribution in [2.24, 2.45) is 5.92 Å². The Bertz CT molecular complexity index is 4320. The second-order valence-electron chi connectivity index (χ2n) is 25.5. The lowest BCUT2D eigenvalue weighted by atomic mass is 10.2. The van der Waals surface area contributed by atoms with Crippen molar-refractivity contribution in [1.29, 1.82) is 0 Å². The first kappa shape index (κ1) is 87.2. The molecule has 9 aromatic rings. The number of hydrogen-bond donors (Lipinski definition) is 4. The molecule has 4 N–H and O–H groups in total. The van der Waals surface area contributed by atoms with Gasteiger partial charge in [-0.1, -0.05) is 150 Å². The van der Waals surface area contributed by atoms with Crippen LogP contribution in [-0.4, -0.2) is 76.5 Å². The minimum Gasteiger partial charge on any atom is -0.450 e. The predicted molar refractivity (Wildman–Crippen MR) is 435 cm³/mol. The van der Waals surface area contributed by atoms with Crippen molar-refractivity contribution in [2.45, 2.75) is 106 Å². The Labute approximate surface area is 649 Å². The fourth-order valence-electron chi connectivity index (χ4n) is 10.4. The van der Waals surface area contributed by atoms with Crippen molar-refractivity contribution in [3.8, 4) is 24.7 Å². The van der Waals surface area contributed by atoms with Crippen LogP contribution in [0.1, 0.15) is 101 Å². The summed E-state index contributed by atoms with van der Waals surface area (Å²) >= 11 is 0. The first-order valence-corrected chi connectivity index (χ1v) is 36.6. The molecule has 0 aliphatic carbocycles. The molecule has 0 unspecified atom stereocenters. The lowest BCUT2D eigenvalue weighted by molar-refractivity contribution is 0.147. The van der Waals surface area contributed by atoms with Crippen molar-refractivity contribution in [2.75, 3.05) is 86.9 Å². The summed E-state index contributed by atoms with van der Waals surface area (Å²) in [5, 5.41) is 10.7. The van der Waals surface area contributed by atoms with Gasteiger partial charge >= 0.3 is 30.5 Å². The van der Waals surface area contributed by atoms with Crippen LogP contribution >= 0.6 is 0 Å². The summed E-state index contributed by atoms with van der Waals surface area (Å²) in [7, 11) is 0. The molecule has 0 saturated heterocycles. The molecule has 0 heterocycles. The zero-order chi connectivity index (χ0) is 80.0. The van der Waals surface area contributed by atoms with E-state index in [-0.39, 0.29) is 42.3 Å². The van der Waals surface area contributed by atoms with E-state index < -0.39 is 30.5 Å². The minimum atomic E-state index is -0.520. The monoisotopic (exact) mass is 1510 g/mol. The molecule has 22 heteroatoms.